The highest BCUT2D eigenvalue weighted by Crippen LogP contribution is 2.26. The molecule has 0 radical (unpaired) electrons. The van der Waals surface area contributed by atoms with Gasteiger partial charge in [-0.25, -0.2) is 9.37 Å². The number of hydrogen-bond acceptors (Lipinski definition) is 2. The molecule has 1 fully saturated rings. The molecule has 6 heteroatoms. The molecule has 1 aromatic heterocycles. The van der Waals surface area contributed by atoms with Gasteiger partial charge in [-0.15, -0.1) is 11.6 Å². The molecule has 3 nitrogen and oxygen atoms in total. The number of nitrogens with zero attached hydrogens (tertiary/aromatic N) is 3. The maximum absolute atomic E-state index is 13.9. The number of benzene rings is 1. The van der Waals surface area contributed by atoms with Gasteiger partial charge in [-0.05, 0) is 48.5 Å². The van der Waals surface area contributed by atoms with Gasteiger partial charge in [-0.3, -0.25) is 0 Å². The summed E-state index contributed by atoms with van der Waals surface area (Å²) in [5.41, 5.74) is 1.73. The fourth-order valence-electron chi connectivity index (χ4n) is 2.65. The lowest BCUT2D eigenvalue weighted by atomic mass is 10.3. The average Bonchev–Trinajstić information content (AvgIpc) is 3.24. The highest BCUT2D eigenvalue weighted by molar-refractivity contribution is 14.1. The molecule has 1 saturated carbocycles. The average molecular weight is 422 g/mol. The molecule has 0 bridgehead atoms. The van der Waals surface area contributed by atoms with Gasteiger partial charge in [0.25, 0.3) is 0 Å². The number of hydrogen-bond donors (Lipinski definition) is 0. The van der Waals surface area contributed by atoms with Gasteiger partial charge in [0.15, 0.2) is 0 Å². The Labute approximate surface area is 142 Å². The molecule has 0 atom stereocenters. The zero-order valence-corrected chi connectivity index (χ0v) is 14.9. The summed E-state index contributed by atoms with van der Waals surface area (Å²) in [6.45, 7) is 1.79. The number of rotatable bonds is 6. The van der Waals surface area contributed by atoms with Crippen LogP contribution in [0.3, 0.4) is 0 Å². The summed E-state index contributed by atoms with van der Waals surface area (Å²) in [4.78, 5) is 7.01. The van der Waals surface area contributed by atoms with Gasteiger partial charge in [-0.1, -0.05) is 0 Å². The van der Waals surface area contributed by atoms with Crippen molar-refractivity contribution in [2.24, 2.45) is 0 Å². The first-order valence-corrected chi connectivity index (χ1v) is 8.82. The van der Waals surface area contributed by atoms with Gasteiger partial charge < -0.3 is 9.47 Å². The lowest BCUT2D eigenvalue weighted by Gasteiger charge is -2.17. The van der Waals surface area contributed by atoms with E-state index in [1.54, 1.807) is 6.07 Å². The third-order valence-electron chi connectivity index (χ3n) is 4.03. The van der Waals surface area contributed by atoms with Crippen molar-refractivity contribution in [2.45, 2.75) is 31.8 Å². The van der Waals surface area contributed by atoms with Crippen LogP contribution < -0.4 is 0 Å². The summed E-state index contributed by atoms with van der Waals surface area (Å²) in [7, 11) is 2.15. The highest BCUT2D eigenvalue weighted by atomic mass is 127. The van der Waals surface area contributed by atoms with Gasteiger partial charge in [-0.2, -0.15) is 0 Å². The molecule has 2 aromatic rings. The topological polar surface area (TPSA) is 21.1 Å². The first-order chi connectivity index (χ1) is 10.1. The van der Waals surface area contributed by atoms with Crippen molar-refractivity contribution in [3.63, 3.8) is 0 Å². The molecule has 3 rings (SSSR count). The molecule has 0 aliphatic heterocycles. The van der Waals surface area contributed by atoms with E-state index in [9.17, 15) is 4.39 Å². The van der Waals surface area contributed by atoms with Gasteiger partial charge >= 0.3 is 0 Å². The van der Waals surface area contributed by atoms with Crippen LogP contribution in [0.4, 0.5) is 4.39 Å². The van der Waals surface area contributed by atoms with Crippen molar-refractivity contribution in [3.05, 3.63) is 27.3 Å². The number of alkyl halides is 1. The Morgan fingerprint density at radius 2 is 2.24 bits per heavy atom. The van der Waals surface area contributed by atoms with E-state index >= 15 is 0 Å². The predicted octanol–water partition coefficient (Wildman–Crippen LogP) is 3.66. The summed E-state index contributed by atoms with van der Waals surface area (Å²) in [6.07, 6.45) is 3.30. The van der Waals surface area contributed by atoms with E-state index in [-0.39, 0.29) is 5.82 Å². The number of aromatic nitrogens is 2. The lowest BCUT2D eigenvalue weighted by Crippen LogP contribution is -2.25. The van der Waals surface area contributed by atoms with E-state index < -0.39 is 0 Å². The first kappa shape index (κ1) is 15.5. The van der Waals surface area contributed by atoms with Crippen molar-refractivity contribution in [1.82, 2.24) is 14.5 Å². The molecular weight excluding hydrogens is 404 g/mol. The molecule has 1 heterocycles. The SMILES string of the molecule is CN(CCn1c(CCCl)nc2cc(I)c(F)cc21)C1CC1. The van der Waals surface area contributed by atoms with Gasteiger partial charge in [0.05, 0.1) is 14.6 Å². The number of fused-ring (bicyclic) bond motifs is 1. The summed E-state index contributed by atoms with van der Waals surface area (Å²) >= 11 is 7.89. The van der Waals surface area contributed by atoms with Crippen LogP contribution >= 0.6 is 34.2 Å². The van der Waals surface area contributed by atoms with Crippen molar-refractivity contribution in [2.75, 3.05) is 19.5 Å². The zero-order valence-electron chi connectivity index (χ0n) is 12.0. The molecule has 21 heavy (non-hydrogen) atoms. The fourth-order valence-corrected chi connectivity index (χ4v) is 3.27. The summed E-state index contributed by atoms with van der Waals surface area (Å²) < 4.78 is 16.6. The van der Waals surface area contributed by atoms with E-state index in [1.165, 1.54) is 12.8 Å². The Kier molecular flexibility index (Phi) is 4.71. The van der Waals surface area contributed by atoms with E-state index in [1.807, 2.05) is 28.7 Å². The normalized spacial score (nSPS) is 15.3. The molecule has 0 saturated heterocycles. The Balaban J connectivity index is 1.92. The number of halogens is 3. The monoisotopic (exact) mass is 421 g/mol. The van der Waals surface area contributed by atoms with Crippen LogP contribution in [0.15, 0.2) is 12.1 Å². The van der Waals surface area contributed by atoms with E-state index in [4.69, 9.17) is 11.6 Å². The Morgan fingerprint density at radius 1 is 1.48 bits per heavy atom. The summed E-state index contributed by atoms with van der Waals surface area (Å²) in [5.74, 6) is 1.30. The second-order valence-electron chi connectivity index (χ2n) is 5.59. The zero-order chi connectivity index (χ0) is 15.0. The molecular formula is C15H18ClFIN3. The molecule has 0 unspecified atom stereocenters. The van der Waals surface area contributed by atoms with E-state index in [0.717, 1.165) is 36.0 Å². The van der Waals surface area contributed by atoms with Gasteiger partial charge in [0, 0.05) is 37.5 Å². The standard InChI is InChI=1S/C15H18ClFIN3/c1-20(10-2-3-10)6-7-21-14-8-11(17)12(18)9-13(14)19-15(21)4-5-16/h8-10H,2-7H2,1H3. The van der Waals surface area contributed by atoms with Crippen LogP contribution in [0.2, 0.25) is 0 Å². The molecule has 1 aliphatic carbocycles. The Morgan fingerprint density at radius 3 is 2.90 bits per heavy atom. The van der Waals surface area contributed by atoms with Crippen molar-refractivity contribution >= 4 is 45.2 Å². The lowest BCUT2D eigenvalue weighted by molar-refractivity contribution is 0.309. The smallest absolute Gasteiger partial charge is 0.138 e. The minimum Gasteiger partial charge on any atom is -0.327 e. The number of aryl methyl sites for hydroxylation is 1. The first-order valence-electron chi connectivity index (χ1n) is 7.20. The van der Waals surface area contributed by atoms with Crippen LogP contribution in [-0.4, -0.2) is 40.0 Å². The highest BCUT2D eigenvalue weighted by Gasteiger charge is 2.26. The summed E-state index contributed by atoms with van der Waals surface area (Å²) in [5, 5.41) is 0. The van der Waals surface area contributed by atoms with Crippen LogP contribution in [0.1, 0.15) is 18.7 Å². The maximum atomic E-state index is 13.9. The molecule has 1 aliphatic rings. The molecule has 1 aromatic carbocycles. The van der Waals surface area contributed by atoms with Gasteiger partial charge in [0.2, 0.25) is 0 Å². The van der Waals surface area contributed by atoms with Crippen LogP contribution in [0.25, 0.3) is 11.0 Å². The molecule has 0 amide bonds. The minimum atomic E-state index is -0.183. The van der Waals surface area contributed by atoms with Crippen LogP contribution in [-0.2, 0) is 13.0 Å². The van der Waals surface area contributed by atoms with Crippen LogP contribution in [0.5, 0.6) is 0 Å². The predicted molar refractivity (Wildman–Crippen MR) is 92.5 cm³/mol. The Hall–Kier alpha value is -0.400. The minimum absolute atomic E-state index is 0.183. The third kappa shape index (κ3) is 3.35. The van der Waals surface area contributed by atoms with E-state index in [0.29, 0.717) is 15.9 Å². The number of likely N-dealkylation sites (N-methyl/N-ethyl adjacent to an activating group) is 1. The maximum Gasteiger partial charge on any atom is 0.138 e. The quantitative estimate of drug-likeness (QED) is 0.524. The number of imidazole rings is 1. The van der Waals surface area contributed by atoms with Crippen molar-refractivity contribution < 1.29 is 4.39 Å². The Bertz CT molecular complexity index is 654. The molecule has 0 N–H and O–H groups in total. The molecule has 114 valence electrons. The second-order valence-corrected chi connectivity index (χ2v) is 7.13. The van der Waals surface area contributed by atoms with E-state index in [2.05, 4.69) is 21.5 Å². The fraction of sp³-hybridized carbons (Fsp3) is 0.533. The largest absolute Gasteiger partial charge is 0.327 e. The van der Waals surface area contributed by atoms with Crippen molar-refractivity contribution in [1.29, 1.82) is 0 Å². The second kappa shape index (κ2) is 6.38. The van der Waals surface area contributed by atoms with Crippen molar-refractivity contribution in [3.8, 4) is 0 Å². The summed E-state index contributed by atoms with van der Waals surface area (Å²) in [6, 6.07) is 4.14. The van der Waals surface area contributed by atoms with Crippen LogP contribution in [0, 0.1) is 9.39 Å². The molecule has 0 spiro atoms. The third-order valence-corrected chi connectivity index (χ3v) is 5.05. The van der Waals surface area contributed by atoms with Gasteiger partial charge in [0.1, 0.15) is 11.6 Å².